The Morgan fingerprint density at radius 3 is 2.55 bits per heavy atom. The van der Waals surface area contributed by atoms with Crippen molar-refractivity contribution in [1.29, 1.82) is 0 Å². The van der Waals surface area contributed by atoms with E-state index in [4.69, 9.17) is 4.74 Å². The quantitative estimate of drug-likeness (QED) is 0.873. The third-order valence-corrected chi connectivity index (χ3v) is 5.59. The van der Waals surface area contributed by atoms with Crippen LogP contribution in [0.5, 0.6) is 5.75 Å². The Hall–Kier alpha value is -2.08. The Balaban J connectivity index is 2.03. The number of rotatable bonds is 3. The second kappa shape index (κ2) is 5.61. The van der Waals surface area contributed by atoms with Gasteiger partial charge in [0, 0.05) is 6.54 Å². The van der Waals surface area contributed by atoms with E-state index in [0.717, 1.165) is 5.56 Å². The molecule has 2 aromatic rings. The van der Waals surface area contributed by atoms with E-state index in [2.05, 4.69) is 0 Å². The zero-order chi connectivity index (χ0) is 15.7. The molecule has 0 N–H and O–H groups in total. The van der Waals surface area contributed by atoms with Crippen molar-refractivity contribution in [2.75, 3.05) is 18.0 Å². The molecule has 4 nitrogen and oxygen atoms in total. The molecule has 2 aromatic carbocycles. The van der Waals surface area contributed by atoms with E-state index in [-0.39, 0.29) is 10.7 Å². The zero-order valence-corrected chi connectivity index (χ0v) is 12.9. The molecule has 6 heteroatoms. The molecular formula is C16H16FNO3S. The fourth-order valence-corrected chi connectivity index (χ4v) is 4.20. The molecule has 1 aliphatic heterocycles. The molecule has 0 spiro atoms. The normalized spacial score (nSPS) is 14.5. The Kier molecular flexibility index (Phi) is 3.78. The summed E-state index contributed by atoms with van der Waals surface area (Å²) >= 11 is 0. The van der Waals surface area contributed by atoms with Gasteiger partial charge in [0.2, 0.25) is 0 Å². The molecule has 116 valence electrons. The number of hydrogen-bond acceptors (Lipinski definition) is 3. The van der Waals surface area contributed by atoms with E-state index in [1.54, 1.807) is 12.1 Å². The Morgan fingerprint density at radius 1 is 1.14 bits per heavy atom. The summed E-state index contributed by atoms with van der Waals surface area (Å²) in [4.78, 5) is 0.200. The molecule has 22 heavy (non-hydrogen) atoms. The number of fused-ring (bicyclic) bond motifs is 1. The van der Waals surface area contributed by atoms with Crippen LogP contribution in [-0.4, -0.2) is 22.1 Å². The summed E-state index contributed by atoms with van der Waals surface area (Å²) in [6.07, 6.45) is 1.35. The third kappa shape index (κ3) is 2.54. The van der Waals surface area contributed by atoms with Crippen molar-refractivity contribution in [3.63, 3.8) is 0 Å². The molecular weight excluding hydrogens is 305 g/mol. The fraction of sp³-hybridized carbons (Fsp3) is 0.250. The minimum absolute atomic E-state index is 0.200. The summed E-state index contributed by atoms with van der Waals surface area (Å²) in [6.45, 7) is 0.396. The summed E-state index contributed by atoms with van der Waals surface area (Å²) < 4.78 is 45.4. The van der Waals surface area contributed by atoms with Gasteiger partial charge < -0.3 is 4.74 Å². The number of aryl methyl sites for hydroxylation is 1. The van der Waals surface area contributed by atoms with Crippen molar-refractivity contribution >= 4 is 15.7 Å². The molecule has 1 aliphatic rings. The van der Waals surface area contributed by atoms with E-state index in [1.807, 2.05) is 0 Å². The Bertz CT molecular complexity index is 788. The smallest absolute Gasteiger partial charge is 0.264 e. The fourth-order valence-electron chi connectivity index (χ4n) is 2.66. The molecule has 0 saturated heterocycles. The number of anilines is 1. The Morgan fingerprint density at radius 2 is 1.86 bits per heavy atom. The Labute approximate surface area is 129 Å². The van der Waals surface area contributed by atoms with Crippen LogP contribution in [0.25, 0.3) is 0 Å². The number of hydrogen-bond donors (Lipinski definition) is 0. The van der Waals surface area contributed by atoms with E-state index in [0.29, 0.717) is 30.8 Å². The summed E-state index contributed by atoms with van der Waals surface area (Å²) in [5, 5.41) is 0. The average molecular weight is 321 g/mol. The maximum absolute atomic E-state index is 13.3. The van der Waals surface area contributed by atoms with Crippen molar-refractivity contribution in [1.82, 2.24) is 0 Å². The summed E-state index contributed by atoms with van der Waals surface area (Å²) in [5.74, 6) is 0.252. The molecule has 0 saturated carbocycles. The number of sulfonamides is 1. The van der Waals surface area contributed by atoms with Crippen LogP contribution in [0.2, 0.25) is 0 Å². The highest BCUT2D eigenvalue weighted by Crippen LogP contribution is 2.32. The minimum atomic E-state index is -3.66. The van der Waals surface area contributed by atoms with Gasteiger partial charge in [0.1, 0.15) is 11.6 Å². The number of nitrogens with zero attached hydrogens (tertiary/aromatic N) is 1. The predicted molar refractivity (Wildman–Crippen MR) is 82.2 cm³/mol. The van der Waals surface area contributed by atoms with E-state index in [1.165, 1.54) is 41.7 Å². The molecule has 0 aliphatic carbocycles. The van der Waals surface area contributed by atoms with Crippen LogP contribution in [-0.2, 0) is 16.4 Å². The molecule has 0 radical (unpaired) electrons. The van der Waals surface area contributed by atoms with Crippen molar-refractivity contribution in [2.45, 2.75) is 17.7 Å². The van der Waals surface area contributed by atoms with Crippen molar-refractivity contribution in [3.05, 3.63) is 53.8 Å². The van der Waals surface area contributed by atoms with Crippen molar-refractivity contribution < 1.29 is 17.5 Å². The SMILES string of the molecule is COc1ccc(S(=O)(=O)N2CCCc3cc(F)ccc32)cc1. The largest absolute Gasteiger partial charge is 0.497 e. The lowest BCUT2D eigenvalue weighted by Crippen LogP contribution is -2.35. The van der Waals surface area contributed by atoms with E-state index in [9.17, 15) is 12.8 Å². The maximum Gasteiger partial charge on any atom is 0.264 e. The second-order valence-corrected chi connectivity index (χ2v) is 6.99. The molecule has 0 unspecified atom stereocenters. The molecule has 1 heterocycles. The summed E-state index contributed by atoms with van der Waals surface area (Å²) in [5.41, 5.74) is 1.28. The van der Waals surface area contributed by atoms with Crippen molar-refractivity contribution in [3.8, 4) is 5.75 Å². The van der Waals surface area contributed by atoms with E-state index >= 15 is 0 Å². The lowest BCUT2D eigenvalue weighted by atomic mass is 10.0. The summed E-state index contributed by atoms with van der Waals surface area (Å²) in [7, 11) is -2.13. The van der Waals surface area contributed by atoms with Gasteiger partial charge in [-0.05, 0) is 60.9 Å². The monoisotopic (exact) mass is 321 g/mol. The van der Waals surface area contributed by atoms with Crippen LogP contribution in [0.3, 0.4) is 0 Å². The predicted octanol–water partition coefficient (Wildman–Crippen LogP) is 2.98. The first-order valence-electron chi connectivity index (χ1n) is 6.97. The van der Waals surface area contributed by atoms with Crippen LogP contribution in [0.1, 0.15) is 12.0 Å². The van der Waals surface area contributed by atoms with Gasteiger partial charge in [-0.2, -0.15) is 0 Å². The first-order chi connectivity index (χ1) is 10.5. The number of halogens is 1. The van der Waals surface area contributed by atoms with Crippen LogP contribution in [0.15, 0.2) is 47.4 Å². The van der Waals surface area contributed by atoms with Crippen LogP contribution < -0.4 is 9.04 Å². The van der Waals surface area contributed by atoms with Gasteiger partial charge in [-0.25, -0.2) is 12.8 Å². The average Bonchev–Trinajstić information content (AvgIpc) is 2.54. The van der Waals surface area contributed by atoms with Gasteiger partial charge in [0.15, 0.2) is 0 Å². The lowest BCUT2D eigenvalue weighted by molar-refractivity contribution is 0.414. The highest BCUT2D eigenvalue weighted by molar-refractivity contribution is 7.92. The maximum atomic E-state index is 13.3. The van der Waals surface area contributed by atoms with Crippen LogP contribution in [0, 0.1) is 5.82 Å². The topological polar surface area (TPSA) is 46.6 Å². The molecule has 0 atom stereocenters. The van der Waals surface area contributed by atoms with Gasteiger partial charge >= 0.3 is 0 Å². The molecule has 0 bridgehead atoms. The minimum Gasteiger partial charge on any atom is -0.497 e. The van der Waals surface area contributed by atoms with Crippen LogP contribution >= 0.6 is 0 Å². The lowest BCUT2D eigenvalue weighted by Gasteiger charge is -2.30. The van der Waals surface area contributed by atoms with Gasteiger partial charge in [0.05, 0.1) is 17.7 Å². The van der Waals surface area contributed by atoms with Gasteiger partial charge in [-0.15, -0.1) is 0 Å². The first kappa shape index (κ1) is 14.8. The highest BCUT2D eigenvalue weighted by atomic mass is 32.2. The third-order valence-electron chi connectivity index (χ3n) is 3.76. The van der Waals surface area contributed by atoms with Gasteiger partial charge in [-0.3, -0.25) is 4.31 Å². The van der Waals surface area contributed by atoms with E-state index < -0.39 is 10.0 Å². The molecule has 0 amide bonds. The van der Waals surface area contributed by atoms with Crippen LogP contribution in [0.4, 0.5) is 10.1 Å². The number of ether oxygens (including phenoxy) is 1. The first-order valence-corrected chi connectivity index (χ1v) is 8.41. The highest BCUT2D eigenvalue weighted by Gasteiger charge is 2.29. The van der Waals surface area contributed by atoms with Gasteiger partial charge in [0.25, 0.3) is 10.0 Å². The zero-order valence-electron chi connectivity index (χ0n) is 12.1. The number of methoxy groups -OCH3 is 1. The standard InChI is InChI=1S/C16H16FNO3S/c1-21-14-5-7-15(8-6-14)22(19,20)18-10-2-3-12-11-13(17)4-9-16(12)18/h4-9,11H,2-3,10H2,1H3. The van der Waals surface area contributed by atoms with Gasteiger partial charge in [-0.1, -0.05) is 0 Å². The molecule has 0 fully saturated rings. The molecule has 3 rings (SSSR count). The number of benzene rings is 2. The summed E-state index contributed by atoms with van der Waals surface area (Å²) in [6, 6.07) is 10.5. The van der Waals surface area contributed by atoms with Crippen molar-refractivity contribution in [2.24, 2.45) is 0 Å². The second-order valence-electron chi connectivity index (χ2n) is 5.13. The molecule has 0 aromatic heterocycles.